The van der Waals surface area contributed by atoms with E-state index in [1.807, 2.05) is 20.8 Å². The van der Waals surface area contributed by atoms with Gasteiger partial charge in [-0.2, -0.15) is 0 Å². The lowest BCUT2D eigenvalue weighted by Crippen LogP contribution is -2.33. The Labute approximate surface area is 94.3 Å². The summed E-state index contributed by atoms with van der Waals surface area (Å²) in [6.07, 6.45) is 0. The van der Waals surface area contributed by atoms with Gasteiger partial charge in [0.05, 0.1) is 5.60 Å². The smallest absolute Gasteiger partial charge is 0.268 e. The molecule has 15 heavy (non-hydrogen) atoms. The Morgan fingerprint density at radius 3 is 2.27 bits per heavy atom. The molecule has 0 aliphatic carbocycles. The van der Waals surface area contributed by atoms with Crippen LogP contribution < -0.4 is 5.48 Å². The van der Waals surface area contributed by atoms with Crippen molar-refractivity contribution in [2.45, 2.75) is 26.4 Å². The van der Waals surface area contributed by atoms with Crippen LogP contribution in [0.3, 0.4) is 0 Å². The first-order chi connectivity index (χ1) is 6.88. The number of hydrogen-bond donors (Lipinski definition) is 1. The van der Waals surface area contributed by atoms with Gasteiger partial charge in [-0.05, 0) is 45.0 Å². The maximum atomic E-state index is 11.5. The summed E-state index contributed by atoms with van der Waals surface area (Å²) in [6, 6.07) is 6.61. The lowest BCUT2D eigenvalue weighted by atomic mass is 10.2. The molecule has 1 aromatic rings. The minimum absolute atomic E-state index is 0.276. The third-order valence-electron chi connectivity index (χ3n) is 1.56. The van der Waals surface area contributed by atoms with Crippen molar-refractivity contribution < 1.29 is 9.63 Å². The molecule has 3 nitrogen and oxygen atoms in total. The first kappa shape index (κ1) is 12.0. The van der Waals surface area contributed by atoms with Crippen LogP contribution in [0, 0.1) is 0 Å². The van der Waals surface area contributed by atoms with Crippen LogP contribution in [0.4, 0.5) is 0 Å². The molecule has 0 aliphatic heterocycles. The van der Waals surface area contributed by atoms with Gasteiger partial charge in [0.1, 0.15) is 0 Å². The monoisotopic (exact) mass is 227 g/mol. The van der Waals surface area contributed by atoms with E-state index in [4.69, 9.17) is 16.4 Å². The predicted octanol–water partition coefficient (Wildman–Crippen LogP) is 2.80. The van der Waals surface area contributed by atoms with E-state index < -0.39 is 5.60 Å². The van der Waals surface area contributed by atoms with E-state index in [2.05, 4.69) is 5.48 Å². The van der Waals surface area contributed by atoms with Crippen LogP contribution in [-0.4, -0.2) is 11.5 Å². The van der Waals surface area contributed by atoms with E-state index in [1.165, 1.54) is 0 Å². The van der Waals surface area contributed by atoms with Gasteiger partial charge in [0.15, 0.2) is 0 Å². The van der Waals surface area contributed by atoms with Crippen molar-refractivity contribution in [2.24, 2.45) is 0 Å². The molecule has 0 spiro atoms. The van der Waals surface area contributed by atoms with Gasteiger partial charge in [0.2, 0.25) is 0 Å². The van der Waals surface area contributed by atoms with Crippen LogP contribution in [0.5, 0.6) is 0 Å². The number of carbonyl (C=O) groups is 1. The van der Waals surface area contributed by atoms with Crippen molar-refractivity contribution in [1.29, 1.82) is 0 Å². The molecular formula is C11H14ClNO2. The largest absolute Gasteiger partial charge is 0.274 e. The summed E-state index contributed by atoms with van der Waals surface area (Å²) in [4.78, 5) is 16.7. The van der Waals surface area contributed by atoms with E-state index in [0.717, 1.165) is 0 Å². The highest BCUT2D eigenvalue weighted by atomic mass is 35.5. The van der Waals surface area contributed by atoms with Gasteiger partial charge in [-0.3, -0.25) is 9.63 Å². The summed E-state index contributed by atoms with van der Waals surface area (Å²) in [5.74, 6) is -0.276. The van der Waals surface area contributed by atoms with Gasteiger partial charge in [0, 0.05) is 10.6 Å². The van der Waals surface area contributed by atoms with Crippen molar-refractivity contribution in [1.82, 2.24) is 5.48 Å². The van der Waals surface area contributed by atoms with E-state index in [9.17, 15) is 4.79 Å². The standard InChI is InChI=1S/C11H14ClNO2/c1-11(2,3)15-13-10(14)8-4-6-9(12)7-5-8/h4-7H,1-3H3,(H,13,14). The number of rotatable bonds is 2. The first-order valence-corrected chi connectivity index (χ1v) is 5.00. The summed E-state index contributed by atoms with van der Waals surface area (Å²) in [5, 5.41) is 0.600. The fraction of sp³-hybridized carbons (Fsp3) is 0.364. The van der Waals surface area contributed by atoms with Gasteiger partial charge in [-0.25, -0.2) is 5.48 Å². The van der Waals surface area contributed by atoms with Gasteiger partial charge in [-0.1, -0.05) is 11.6 Å². The predicted molar refractivity (Wildman–Crippen MR) is 59.8 cm³/mol. The second-order valence-corrected chi connectivity index (χ2v) is 4.59. The molecule has 0 aromatic heterocycles. The number of nitrogens with one attached hydrogen (secondary N) is 1. The number of carbonyl (C=O) groups excluding carboxylic acids is 1. The molecule has 0 unspecified atom stereocenters. The lowest BCUT2D eigenvalue weighted by molar-refractivity contribution is -0.0589. The molecular weight excluding hydrogens is 214 g/mol. The maximum absolute atomic E-state index is 11.5. The zero-order valence-electron chi connectivity index (χ0n) is 9.00. The molecule has 0 bridgehead atoms. The summed E-state index contributed by atoms with van der Waals surface area (Å²) >= 11 is 5.70. The van der Waals surface area contributed by atoms with Gasteiger partial charge in [-0.15, -0.1) is 0 Å². The van der Waals surface area contributed by atoms with Crippen LogP contribution in [0.25, 0.3) is 0 Å². The summed E-state index contributed by atoms with van der Waals surface area (Å²) in [7, 11) is 0. The molecule has 1 amide bonds. The molecule has 0 aliphatic rings. The molecule has 82 valence electrons. The molecule has 4 heteroatoms. The Morgan fingerprint density at radius 1 is 1.27 bits per heavy atom. The van der Waals surface area contributed by atoms with Crippen molar-refractivity contribution >= 4 is 17.5 Å². The zero-order chi connectivity index (χ0) is 11.5. The Morgan fingerprint density at radius 2 is 1.80 bits per heavy atom. The number of amides is 1. The third-order valence-corrected chi connectivity index (χ3v) is 1.81. The highest BCUT2D eigenvalue weighted by Crippen LogP contribution is 2.10. The Bertz CT molecular complexity index is 341. The molecule has 0 radical (unpaired) electrons. The maximum Gasteiger partial charge on any atom is 0.274 e. The van der Waals surface area contributed by atoms with Crippen LogP contribution in [0.2, 0.25) is 5.02 Å². The highest BCUT2D eigenvalue weighted by molar-refractivity contribution is 6.30. The van der Waals surface area contributed by atoms with Crippen LogP contribution in [0.15, 0.2) is 24.3 Å². The quantitative estimate of drug-likeness (QED) is 0.789. The Hall–Kier alpha value is -1.06. The van der Waals surface area contributed by atoms with Gasteiger partial charge in [0.25, 0.3) is 5.91 Å². The van der Waals surface area contributed by atoms with E-state index in [0.29, 0.717) is 10.6 Å². The van der Waals surface area contributed by atoms with E-state index in [-0.39, 0.29) is 5.91 Å². The number of halogens is 1. The minimum atomic E-state index is -0.401. The fourth-order valence-corrected chi connectivity index (χ4v) is 0.986. The topological polar surface area (TPSA) is 38.3 Å². The number of hydrogen-bond acceptors (Lipinski definition) is 2. The van der Waals surface area contributed by atoms with Crippen LogP contribution >= 0.6 is 11.6 Å². The molecule has 0 atom stereocenters. The van der Waals surface area contributed by atoms with Crippen molar-refractivity contribution in [2.75, 3.05) is 0 Å². The second kappa shape index (κ2) is 4.64. The molecule has 1 aromatic carbocycles. The molecule has 0 saturated carbocycles. The van der Waals surface area contributed by atoms with Gasteiger partial charge >= 0.3 is 0 Å². The summed E-state index contributed by atoms with van der Waals surface area (Å²) in [6.45, 7) is 5.57. The van der Waals surface area contributed by atoms with Crippen LogP contribution in [0.1, 0.15) is 31.1 Å². The first-order valence-electron chi connectivity index (χ1n) is 4.62. The molecule has 1 N–H and O–H groups in total. The van der Waals surface area contributed by atoms with Crippen LogP contribution in [-0.2, 0) is 4.84 Å². The summed E-state index contributed by atoms with van der Waals surface area (Å²) in [5.41, 5.74) is 2.49. The zero-order valence-corrected chi connectivity index (χ0v) is 9.76. The molecule has 0 heterocycles. The van der Waals surface area contributed by atoms with Gasteiger partial charge < -0.3 is 0 Å². The second-order valence-electron chi connectivity index (χ2n) is 4.15. The average Bonchev–Trinajstić information content (AvgIpc) is 2.14. The molecule has 0 saturated heterocycles. The minimum Gasteiger partial charge on any atom is -0.268 e. The molecule has 0 fully saturated rings. The number of benzene rings is 1. The summed E-state index contributed by atoms with van der Waals surface area (Å²) < 4.78 is 0. The van der Waals surface area contributed by atoms with Crippen molar-refractivity contribution in [3.05, 3.63) is 34.9 Å². The highest BCUT2D eigenvalue weighted by Gasteiger charge is 2.13. The Balaban J connectivity index is 2.58. The number of hydroxylamine groups is 1. The lowest BCUT2D eigenvalue weighted by Gasteiger charge is -2.18. The van der Waals surface area contributed by atoms with E-state index >= 15 is 0 Å². The third kappa shape index (κ3) is 4.32. The Kier molecular flexibility index (Phi) is 3.72. The normalized spacial score (nSPS) is 11.2. The van der Waals surface area contributed by atoms with Crippen molar-refractivity contribution in [3.63, 3.8) is 0 Å². The fourth-order valence-electron chi connectivity index (χ4n) is 0.860. The van der Waals surface area contributed by atoms with E-state index in [1.54, 1.807) is 24.3 Å². The van der Waals surface area contributed by atoms with Crippen molar-refractivity contribution in [3.8, 4) is 0 Å². The SMILES string of the molecule is CC(C)(C)ONC(=O)c1ccc(Cl)cc1. The average molecular weight is 228 g/mol. The molecule has 1 rings (SSSR count).